The highest BCUT2D eigenvalue weighted by Crippen LogP contribution is 2.18. The lowest BCUT2D eigenvalue weighted by Gasteiger charge is -2.12. The van der Waals surface area contributed by atoms with Crippen LogP contribution in [0.3, 0.4) is 0 Å². The summed E-state index contributed by atoms with van der Waals surface area (Å²) in [5, 5.41) is 0. The van der Waals surface area contributed by atoms with Crippen molar-refractivity contribution in [3.05, 3.63) is 35.4 Å². The minimum absolute atomic E-state index is 0.665. The van der Waals surface area contributed by atoms with Gasteiger partial charge in [-0.25, -0.2) is 0 Å². The van der Waals surface area contributed by atoms with Gasteiger partial charge in [-0.1, -0.05) is 59.6 Å². The number of halogens is 1. The molecule has 15 heavy (non-hydrogen) atoms. The highest BCUT2D eigenvalue weighted by molar-refractivity contribution is 9.09. The summed E-state index contributed by atoms with van der Waals surface area (Å²) in [6.07, 6.45) is 3.69. The second-order valence-electron chi connectivity index (χ2n) is 4.75. The van der Waals surface area contributed by atoms with E-state index in [1.54, 1.807) is 0 Å². The molecule has 0 aliphatic carbocycles. The third-order valence-corrected chi connectivity index (χ3v) is 3.39. The average Bonchev–Trinajstić information content (AvgIpc) is 2.14. The Bertz CT molecular complexity index is 291. The summed E-state index contributed by atoms with van der Waals surface area (Å²) in [4.78, 5) is 0.665. The molecule has 84 valence electrons. The maximum absolute atomic E-state index is 3.75. The van der Waals surface area contributed by atoms with Gasteiger partial charge in [-0.3, -0.25) is 0 Å². The molecule has 0 saturated heterocycles. The molecule has 1 rings (SSSR count). The molecule has 0 bridgehead atoms. The van der Waals surface area contributed by atoms with Crippen molar-refractivity contribution in [2.24, 2.45) is 5.92 Å². The fourth-order valence-corrected chi connectivity index (χ4v) is 2.80. The summed E-state index contributed by atoms with van der Waals surface area (Å²) in [5.74, 6) is 0.784. The predicted octanol–water partition coefficient (Wildman–Crippen LogP) is 4.74. The van der Waals surface area contributed by atoms with Gasteiger partial charge in [0.2, 0.25) is 0 Å². The molecule has 0 nitrogen and oxygen atoms in total. The van der Waals surface area contributed by atoms with E-state index in [2.05, 4.69) is 61.0 Å². The molecule has 0 heterocycles. The first-order valence-electron chi connectivity index (χ1n) is 5.77. The third kappa shape index (κ3) is 5.36. The van der Waals surface area contributed by atoms with Gasteiger partial charge in [0.1, 0.15) is 0 Å². The lowest BCUT2D eigenvalue weighted by atomic mass is 10.0. The molecule has 0 saturated carbocycles. The molecule has 0 N–H and O–H groups in total. The fourth-order valence-electron chi connectivity index (χ4n) is 1.82. The Hall–Kier alpha value is -0.300. The summed E-state index contributed by atoms with van der Waals surface area (Å²) in [6.45, 7) is 6.71. The van der Waals surface area contributed by atoms with Gasteiger partial charge in [-0.15, -0.1) is 0 Å². The van der Waals surface area contributed by atoms with E-state index >= 15 is 0 Å². The summed E-state index contributed by atoms with van der Waals surface area (Å²) in [5.41, 5.74) is 2.82. The Morgan fingerprint density at radius 1 is 1.27 bits per heavy atom. The van der Waals surface area contributed by atoms with Gasteiger partial charge in [0.25, 0.3) is 0 Å². The van der Waals surface area contributed by atoms with Crippen LogP contribution in [-0.4, -0.2) is 4.83 Å². The molecule has 1 atom stereocenters. The van der Waals surface area contributed by atoms with Gasteiger partial charge in [-0.05, 0) is 37.7 Å². The molecular formula is C14H21Br. The molecule has 0 aliphatic heterocycles. The third-order valence-electron chi connectivity index (χ3n) is 2.56. The van der Waals surface area contributed by atoms with E-state index in [4.69, 9.17) is 0 Å². The summed E-state index contributed by atoms with van der Waals surface area (Å²) >= 11 is 3.75. The van der Waals surface area contributed by atoms with Crippen LogP contribution in [0.15, 0.2) is 24.3 Å². The Morgan fingerprint density at radius 3 is 2.60 bits per heavy atom. The van der Waals surface area contributed by atoms with E-state index in [0.717, 1.165) is 5.92 Å². The molecule has 0 amide bonds. The zero-order chi connectivity index (χ0) is 11.3. The molecule has 1 aromatic carbocycles. The maximum Gasteiger partial charge on any atom is 0.0151 e. The van der Waals surface area contributed by atoms with Crippen LogP contribution in [-0.2, 0) is 6.42 Å². The molecule has 1 heteroatoms. The average molecular weight is 269 g/mol. The van der Waals surface area contributed by atoms with Crippen LogP contribution in [0.5, 0.6) is 0 Å². The Morgan fingerprint density at radius 2 is 2.00 bits per heavy atom. The standard InChI is InChI=1S/C14H21Br/c1-11(2)9-14(15)8-7-13-6-4-5-12(3)10-13/h4-6,10-11,14H,7-9H2,1-3H3. The minimum Gasteiger partial charge on any atom is -0.0890 e. The number of hydrogen-bond acceptors (Lipinski definition) is 0. The van der Waals surface area contributed by atoms with Gasteiger partial charge in [-0.2, -0.15) is 0 Å². The van der Waals surface area contributed by atoms with Gasteiger partial charge >= 0.3 is 0 Å². The van der Waals surface area contributed by atoms with E-state index in [0.29, 0.717) is 4.83 Å². The number of alkyl halides is 1. The van der Waals surface area contributed by atoms with Crippen LogP contribution in [0.25, 0.3) is 0 Å². The van der Waals surface area contributed by atoms with Crippen molar-refractivity contribution in [3.63, 3.8) is 0 Å². The van der Waals surface area contributed by atoms with Crippen molar-refractivity contribution < 1.29 is 0 Å². The molecule has 1 aromatic rings. The zero-order valence-electron chi connectivity index (χ0n) is 9.96. The van der Waals surface area contributed by atoms with Crippen molar-refractivity contribution in [1.29, 1.82) is 0 Å². The molecule has 0 aromatic heterocycles. The number of rotatable bonds is 5. The Labute approximate surface area is 102 Å². The largest absolute Gasteiger partial charge is 0.0890 e. The minimum atomic E-state index is 0.665. The lowest BCUT2D eigenvalue weighted by molar-refractivity contribution is 0.554. The van der Waals surface area contributed by atoms with Crippen molar-refractivity contribution in [1.82, 2.24) is 0 Å². The second-order valence-corrected chi connectivity index (χ2v) is 6.05. The maximum atomic E-state index is 3.75. The van der Waals surface area contributed by atoms with Crippen molar-refractivity contribution in [2.45, 2.75) is 44.9 Å². The van der Waals surface area contributed by atoms with E-state index in [-0.39, 0.29) is 0 Å². The van der Waals surface area contributed by atoms with Crippen molar-refractivity contribution in [3.8, 4) is 0 Å². The topological polar surface area (TPSA) is 0 Å². The number of aryl methyl sites for hydroxylation is 2. The Kier molecular flexibility index (Phi) is 5.38. The monoisotopic (exact) mass is 268 g/mol. The molecule has 0 fully saturated rings. The highest BCUT2D eigenvalue weighted by atomic mass is 79.9. The molecular weight excluding hydrogens is 248 g/mol. The van der Waals surface area contributed by atoms with Gasteiger partial charge < -0.3 is 0 Å². The Balaban J connectivity index is 2.36. The first-order valence-corrected chi connectivity index (χ1v) is 6.69. The lowest BCUT2D eigenvalue weighted by Crippen LogP contribution is -2.04. The molecule has 0 spiro atoms. The van der Waals surface area contributed by atoms with Crippen LogP contribution in [0.1, 0.15) is 37.8 Å². The van der Waals surface area contributed by atoms with Gasteiger partial charge in [0.05, 0.1) is 0 Å². The predicted molar refractivity (Wildman–Crippen MR) is 71.7 cm³/mol. The van der Waals surface area contributed by atoms with Gasteiger partial charge in [0.15, 0.2) is 0 Å². The van der Waals surface area contributed by atoms with Crippen LogP contribution in [0, 0.1) is 12.8 Å². The SMILES string of the molecule is Cc1cccc(CCC(Br)CC(C)C)c1. The summed E-state index contributed by atoms with van der Waals surface area (Å²) in [7, 11) is 0. The summed E-state index contributed by atoms with van der Waals surface area (Å²) in [6, 6.07) is 8.82. The highest BCUT2D eigenvalue weighted by Gasteiger charge is 2.06. The van der Waals surface area contributed by atoms with E-state index in [9.17, 15) is 0 Å². The molecule has 0 radical (unpaired) electrons. The van der Waals surface area contributed by atoms with E-state index in [1.165, 1.54) is 30.4 Å². The van der Waals surface area contributed by atoms with E-state index < -0.39 is 0 Å². The summed E-state index contributed by atoms with van der Waals surface area (Å²) < 4.78 is 0. The van der Waals surface area contributed by atoms with Crippen LogP contribution in [0.2, 0.25) is 0 Å². The van der Waals surface area contributed by atoms with Gasteiger partial charge in [0, 0.05) is 4.83 Å². The molecule has 0 aliphatic rings. The van der Waals surface area contributed by atoms with Crippen LogP contribution >= 0.6 is 15.9 Å². The van der Waals surface area contributed by atoms with Crippen LogP contribution < -0.4 is 0 Å². The number of benzene rings is 1. The first-order chi connectivity index (χ1) is 7.08. The fraction of sp³-hybridized carbons (Fsp3) is 0.571. The van der Waals surface area contributed by atoms with Crippen molar-refractivity contribution in [2.75, 3.05) is 0 Å². The zero-order valence-corrected chi connectivity index (χ0v) is 11.5. The number of hydrogen-bond donors (Lipinski definition) is 0. The first kappa shape index (κ1) is 12.8. The normalized spacial score (nSPS) is 13.1. The second kappa shape index (κ2) is 6.32. The quantitative estimate of drug-likeness (QED) is 0.677. The van der Waals surface area contributed by atoms with Crippen LogP contribution in [0.4, 0.5) is 0 Å². The molecule has 1 unspecified atom stereocenters. The smallest absolute Gasteiger partial charge is 0.0151 e. The van der Waals surface area contributed by atoms with E-state index in [1.807, 2.05) is 0 Å². The van der Waals surface area contributed by atoms with Crippen molar-refractivity contribution >= 4 is 15.9 Å².